The molecule has 1 aromatic carbocycles. The first kappa shape index (κ1) is 21.8. The Balaban J connectivity index is 2.25. The fraction of sp³-hybridized carbons (Fsp3) is 0.562. The van der Waals surface area contributed by atoms with Crippen molar-refractivity contribution in [1.82, 2.24) is 0 Å². The number of halogens is 3. The smallest absolute Gasteiger partial charge is 0.430 e. The van der Waals surface area contributed by atoms with Crippen LogP contribution in [-0.4, -0.2) is 43.3 Å². The molecule has 154 valence electrons. The van der Waals surface area contributed by atoms with Crippen LogP contribution in [0, 0.1) is 0 Å². The monoisotopic (exact) mass is 430 g/mol. The summed E-state index contributed by atoms with van der Waals surface area (Å²) in [6, 6.07) is 7.83. The SMILES string of the molecule is CC(C)(C)OC(=O)OC1CCS(OS(=O)(=O)C(F)(F)F)(c2ccccc2)C1. The van der Waals surface area contributed by atoms with Crippen molar-refractivity contribution >= 4 is 26.6 Å². The second kappa shape index (κ2) is 7.51. The molecule has 2 unspecified atom stereocenters. The third-order valence-corrected chi connectivity index (χ3v) is 8.82. The Bertz CT molecular complexity index is 774. The van der Waals surface area contributed by atoms with Crippen molar-refractivity contribution in [1.29, 1.82) is 0 Å². The van der Waals surface area contributed by atoms with Gasteiger partial charge in [-0.1, -0.05) is 28.5 Å². The number of hydrogen-bond donors (Lipinski definition) is 0. The van der Waals surface area contributed by atoms with Gasteiger partial charge in [0.1, 0.15) is 11.7 Å². The van der Waals surface area contributed by atoms with E-state index in [9.17, 15) is 26.4 Å². The van der Waals surface area contributed by atoms with E-state index in [0.29, 0.717) is 4.90 Å². The van der Waals surface area contributed by atoms with Crippen molar-refractivity contribution in [3.05, 3.63) is 30.3 Å². The molecule has 27 heavy (non-hydrogen) atoms. The molecule has 1 aliphatic rings. The lowest BCUT2D eigenvalue weighted by atomic mass is 10.2. The van der Waals surface area contributed by atoms with Crippen molar-refractivity contribution in [2.24, 2.45) is 0 Å². The first-order valence-corrected chi connectivity index (χ1v) is 11.3. The Morgan fingerprint density at radius 2 is 1.74 bits per heavy atom. The number of alkyl halides is 3. The molecule has 0 amide bonds. The van der Waals surface area contributed by atoms with Crippen LogP contribution < -0.4 is 0 Å². The summed E-state index contributed by atoms with van der Waals surface area (Å²) in [5.74, 6) is -0.147. The molecule has 1 aliphatic heterocycles. The van der Waals surface area contributed by atoms with Crippen LogP contribution in [0.15, 0.2) is 35.2 Å². The minimum absolute atomic E-state index is 0.0137. The fourth-order valence-corrected chi connectivity index (χ4v) is 7.70. The molecule has 0 saturated carbocycles. The van der Waals surface area contributed by atoms with Gasteiger partial charge in [0.25, 0.3) is 0 Å². The normalized spacial score (nSPS) is 26.2. The van der Waals surface area contributed by atoms with Gasteiger partial charge >= 0.3 is 21.8 Å². The van der Waals surface area contributed by atoms with E-state index in [1.165, 1.54) is 12.1 Å². The van der Waals surface area contributed by atoms with Crippen molar-refractivity contribution < 1.29 is 39.5 Å². The van der Waals surface area contributed by atoms with Gasteiger partial charge in [0, 0.05) is 16.4 Å². The summed E-state index contributed by atoms with van der Waals surface area (Å²) in [5.41, 5.74) is -6.33. The number of rotatable bonds is 4. The van der Waals surface area contributed by atoms with Crippen LogP contribution in [0.2, 0.25) is 0 Å². The van der Waals surface area contributed by atoms with Crippen LogP contribution in [-0.2, 0) is 23.2 Å². The van der Waals surface area contributed by atoms with Gasteiger partial charge in [-0.15, -0.1) is 0 Å². The summed E-state index contributed by atoms with van der Waals surface area (Å²) in [6.45, 7) is 4.92. The minimum atomic E-state index is -5.80. The highest BCUT2D eigenvalue weighted by molar-refractivity contribution is 8.33. The van der Waals surface area contributed by atoms with Crippen molar-refractivity contribution in [2.45, 2.75) is 49.3 Å². The molecule has 11 heteroatoms. The van der Waals surface area contributed by atoms with Crippen LogP contribution >= 0.6 is 10.3 Å². The van der Waals surface area contributed by atoms with E-state index >= 15 is 0 Å². The number of ether oxygens (including phenoxy) is 2. The number of hydrogen-bond acceptors (Lipinski definition) is 6. The zero-order valence-corrected chi connectivity index (χ0v) is 16.6. The summed E-state index contributed by atoms with van der Waals surface area (Å²) >= 11 is 0. The topological polar surface area (TPSA) is 78.9 Å². The summed E-state index contributed by atoms with van der Waals surface area (Å²) < 4.78 is 76.8. The standard InChI is InChI=1S/C16H21F3O6S2/c1-15(2,3)24-14(20)23-12-9-10-26(11-12,13-7-5-4-6-8-13)25-27(21,22)16(17,18)19/h4-8,12H,9-11H2,1-3H3. The van der Waals surface area contributed by atoms with Crippen LogP contribution in [0.25, 0.3) is 0 Å². The van der Waals surface area contributed by atoms with Gasteiger partial charge < -0.3 is 9.47 Å². The molecule has 2 atom stereocenters. The Morgan fingerprint density at radius 3 is 2.26 bits per heavy atom. The summed E-state index contributed by atoms with van der Waals surface area (Å²) in [4.78, 5) is 12.2. The van der Waals surface area contributed by atoms with E-state index in [2.05, 4.69) is 0 Å². The average Bonchev–Trinajstić information content (AvgIpc) is 2.88. The lowest BCUT2D eigenvalue weighted by Crippen LogP contribution is -2.29. The van der Waals surface area contributed by atoms with Gasteiger partial charge in [0.15, 0.2) is 0 Å². The molecular formula is C16H21F3O6S2. The molecule has 0 spiro atoms. The van der Waals surface area contributed by atoms with Crippen molar-refractivity contribution in [3.8, 4) is 0 Å². The van der Waals surface area contributed by atoms with Crippen LogP contribution in [0.1, 0.15) is 27.2 Å². The lowest BCUT2D eigenvalue weighted by molar-refractivity contribution is -0.0497. The maximum absolute atomic E-state index is 12.9. The van der Waals surface area contributed by atoms with Crippen LogP contribution in [0.3, 0.4) is 0 Å². The van der Waals surface area contributed by atoms with E-state index in [4.69, 9.17) is 13.1 Å². The maximum Gasteiger partial charge on any atom is 0.523 e. The zero-order chi connectivity index (χ0) is 20.5. The van der Waals surface area contributed by atoms with E-state index in [-0.39, 0.29) is 17.9 Å². The van der Waals surface area contributed by atoms with E-state index < -0.39 is 43.8 Å². The first-order chi connectivity index (χ1) is 12.2. The number of benzene rings is 1. The highest BCUT2D eigenvalue weighted by Crippen LogP contribution is 2.63. The predicted molar refractivity (Wildman–Crippen MR) is 93.8 cm³/mol. The van der Waals surface area contributed by atoms with Gasteiger partial charge in [-0.3, -0.25) is 0 Å². The fourth-order valence-electron chi connectivity index (χ4n) is 2.49. The summed E-state index contributed by atoms with van der Waals surface area (Å²) in [5, 5.41) is 0. The Kier molecular flexibility index (Phi) is 6.08. The first-order valence-electron chi connectivity index (χ1n) is 8.00. The van der Waals surface area contributed by atoms with E-state index in [0.717, 1.165) is 0 Å². The summed E-state index contributed by atoms with van der Waals surface area (Å²) in [7, 11) is -8.66. The van der Waals surface area contributed by atoms with Gasteiger partial charge in [-0.2, -0.15) is 21.6 Å². The van der Waals surface area contributed by atoms with Crippen molar-refractivity contribution in [3.63, 3.8) is 0 Å². The molecule has 1 aromatic rings. The molecule has 0 aliphatic carbocycles. The van der Waals surface area contributed by atoms with Crippen LogP contribution in [0.4, 0.5) is 18.0 Å². The average molecular weight is 430 g/mol. The summed E-state index contributed by atoms with van der Waals surface area (Å²) in [6.07, 6.45) is -1.61. The Labute approximate surface area is 157 Å². The highest BCUT2D eigenvalue weighted by Gasteiger charge is 2.53. The third-order valence-electron chi connectivity index (χ3n) is 3.55. The van der Waals surface area contributed by atoms with Gasteiger partial charge in [-0.25, -0.2) is 8.42 Å². The Hall–Kier alpha value is -1.46. The molecule has 1 saturated heterocycles. The molecule has 0 N–H and O–H groups in total. The molecule has 2 rings (SSSR count). The predicted octanol–water partition coefficient (Wildman–Crippen LogP) is 4.36. The molecule has 6 nitrogen and oxygen atoms in total. The van der Waals surface area contributed by atoms with Crippen molar-refractivity contribution in [2.75, 3.05) is 11.5 Å². The molecule has 0 bridgehead atoms. The van der Waals surface area contributed by atoms with E-state index in [1.54, 1.807) is 39.0 Å². The quantitative estimate of drug-likeness (QED) is 0.522. The molecule has 1 fully saturated rings. The molecule has 0 aromatic heterocycles. The largest absolute Gasteiger partial charge is 0.523 e. The molecule has 1 heterocycles. The second-order valence-corrected chi connectivity index (χ2v) is 11.7. The molecule has 0 radical (unpaired) electrons. The van der Waals surface area contributed by atoms with Gasteiger partial charge in [0.2, 0.25) is 0 Å². The van der Waals surface area contributed by atoms with Crippen LogP contribution in [0.5, 0.6) is 0 Å². The van der Waals surface area contributed by atoms with Gasteiger partial charge in [0.05, 0.1) is 0 Å². The molecular weight excluding hydrogens is 409 g/mol. The van der Waals surface area contributed by atoms with Gasteiger partial charge in [-0.05, 0) is 39.3 Å². The Morgan fingerprint density at radius 1 is 1.15 bits per heavy atom. The highest BCUT2D eigenvalue weighted by atomic mass is 32.3. The second-order valence-electron chi connectivity index (χ2n) is 6.96. The maximum atomic E-state index is 12.9. The lowest BCUT2D eigenvalue weighted by Gasteiger charge is -2.34. The third kappa shape index (κ3) is 5.52. The minimum Gasteiger partial charge on any atom is -0.430 e. The number of carbonyl (C=O) groups is 1. The van der Waals surface area contributed by atoms with E-state index in [1.807, 2.05) is 0 Å². The number of carbonyl (C=O) groups excluding carboxylic acids is 1. The zero-order valence-electron chi connectivity index (χ0n) is 15.0.